The van der Waals surface area contributed by atoms with Gasteiger partial charge in [0.1, 0.15) is 17.7 Å². The number of fused-ring (bicyclic) bond motifs is 1. The molecule has 5 nitrogen and oxygen atoms in total. The lowest BCUT2D eigenvalue weighted by atomic mass is 9.89. The van der Waals surface area contributed by atoms with Crippen LogP contribution in [0.25, 0.3) is 0 Å². The number of halogens is 1. The van der Waals surface area contributed by atoms with E-state index in [1.165, 1.54) is 17.0 Å². The Kier molecular flexibility index (Phi) is 8.41. The highest BCUT2D eigenvalue weighted by atomic mass is 32.2. The average Bonchev–Trinajstić information content (AvgIpc) is 2.84. The minimum absolute atomic E-state index is 0.0237. The van der Waals surface area contributed by atoms with Crippen LogP contribution in [0.5, 0.6) is 5.75 Å². The summed E-state index contributed by atoms with van der Waals surface area (Å²) >= 11 is 1.79. The maximum atomic E-state index is 13.1. The van der Waals surface area contributed by atoms with Crippen LogP contribution in [0.4, 0.5) is 4.39 Å². The number of piperidine rings is 1. The number of methoxy groups -OCH3 is 1. The Morgan fingerprint density at radius 2 is 1.88 bits per heavy atom. The van der Waals surface area contributed by atoms with Crippen LogP contribution in [0.1, 0.15) is 48.2 Å². The third kappa shape index (κ3) is 5.96. The Bertz CT molecular complexity index is 932. The van der Waals surface area contributed by atoms with E-state index in [1.807, 2.05) is 19.1 Å². The summed E-state index contributed by atoms with van der Waals surface area (Å²) in [4.78, 5) is 16.4. The largest absolute Gasteiger partial charge is 0.496 e. The van der Waals surface area contributed by atoms with Gasteiger partial charge in [0.05, 0.1) is 7.11 Å². The molecular weight excluding hydrogens is 439 g/mol. The van der Waals surface area contributed by atoms with Crippen molar-refractivity contribution < 1.29 is 18.7 Å². The Morgan fingerprint density at radius 1 is 1.12 bits per heavy atom. The van der Waals surface area contributed by atoms with Crippen LogP contribution in [0.15, 0.2) is 47.4 Å². The van der Waals surface area contributed by atoms with E-state index in [4.69, 9.17) is 9.47 Å². The molecule has 0 aromatic heterocycles. The van der Waals surface area contributed by atoms with Crippen LogP contribution in [0.3, 0.4) is 0 Å². The number of likely N-dealkylation sites (tertiary alicyclic amines) is 1. The molecule has 0 saturated carbocycles. The number of ether oxygens (including phenoxy) is 2. The van der Waals surface area contributed by atoms with Crippen molar-refractivity contribution in [2.45, 2.75) is 37.2 Å². The summed E-state index contributed by atoms with van der Waals surface area (Å²) in [6.45, 7) is 7.44. The van der Waals surface area contributed by atoms with Gasteiger partial charge in [0.15, 0.2) is 5.78 Å². The van der Waals surface area contributed by atoms with E-state index in [1.54, 1.807) is 31.2 Å². The van der Waals surface area contributed by atoms with Gasteiger partial charge in [-0.1, -0.05) is 6.07 Å². The summed E-state index contributed by atoms with van der Waals surface area (Å²) in [5.74, 6) is 0.790. The highest BCUT2D eigenvalue weighted by Crippen LogP contribution is 2.43. The first-order chi connectivity index (χ1) is 16.1. The van der Waals surface area contributed by atoms with Gasteiger partial charge in [-0.05, 0) is 94.2 Å². The van der Waals surface area contributed by atoms with Gasteiger partial charge in [-0.15, -0.1) is 0 Å². The summed E-state index contributed by atoms with van der Waals surface area (Å²) in [5.41, 5.74) is 1.79. The predicted octanol–water partition coefficient (Wildman–Crippen LogP) is 5.22. The molecule has 1 fully saturated rings. The summed E-state index contributed by atoms with van der Waals surface area (Å²) < 4.78 is 27.2. The van der Waals surface area contributed by atoms with E-state index < -0.39 is 0 Å². The first-order valence-electron chi connectivity index (χ1n) is 11.8. The Labute approximate surface area is 200 Å². The van der Waals surface area contributed by atoms with Crippen molar-refractivity contribution in [3.8, 4) is 5.75 Å². The molecule has 1 saturated heterocycles. The second kappa shape index (κ2) is 11.5. The number of nitrogens with zero attached hydrogens (tertiary/aromatic N) is 2. The number of carbonyl (C=O) groups is 1. The lowest BCUT2D eigenvalue weighted by molar-refractivity contribution is 0.0432. The van der Waals surface area contributed by atoms with Crippen molar-refractivity contribution in [1.29, 1.82) is 0 Å². The van der Waals surface area contributed by atoms with E-state index in [0.717, 1.165) is 63.3 Å². The number of benzene rings is 2. The van der Waals surface area contributed by atoms with Crippen LogP contribution in [0, 0.1) is 11.7 Å². The molecule has 7 heteroatoms. The molecule has 0 radical (unpaired) electrons. The van der Waals surface area contributed by atoms with Crippen LogP contribution < -0.4 is 4.74 Å². The standard InChI is InChI=1S/C26H33FN2O3S/c1-3-32-23-18-29(33-24-7-4-6-22(31-2)25(23)24)15-5-14-28-16-12-20(13-17-28)26(30)19-8-10-21(27)11-9-19/h4,6-11,20,23H,3,5,12-18H2,1-2H3. The van der Waals surface area contributed by atoms with Gasteiger partial charge in [0.25, 0.3) is 0 Å². The fourth-order valence-electron chi connectivity index (χ4n) is 4.76. The van der Waals surface area contributed by atoms with Crippen molar-refractivity contribution in [2.75, 3.05) is 46.4 Å². The number of carbonyl (C=O) groups excluding carboxylic acids is 1. The molecule has 2 heterocycles. The smallest absolute Gasteiger partial charge is 0.166 e. The molecule has 0 aliphatic carbocycles. The maximum Gasteiger partial charge on any atom is 0.166 e. The Morgan fingerprint density at radius 3 is 2.58 bits per heavy atom. The SMILES string of the molecule is CCOC1CN(CCCN2CCC(C(=O)c3ccc(F)cc3)CC2)Sc2cccc(OC)c21. The van der Waals surface area contributed by atoms with Crippen molar-refractivity contribution in [2.24, 2.45) is 5.92 Å². The van der Waals surface area contributed by atoms with E-state index in [9.17, 15) is 9.18 Å². The predicted molar refractivity (Wildman–Crippen MR) is 129 cm³/mol. The average molecular weight is 473 g/mol. The maximum absolute atomic E-state index is 13.1. The van der Waals surface area contributed by atoms with Crippen LogP contribution in [0.2, 0.25) is 0 Å². The van der Waals surface area contributed by atoms with Gasteiger partial charge in [-0.3, -0.25) is 4.79 Å². The monoisotopic (exact) mass is 472 g/mol. The molecule has 2 aliphatic heterocycles. The fraction of sp³-hybridized carbons (Fsp3) is 0.500. The first kappa shape index (κ1) is 24.2. The molecule has 0 amide bonds. The molecule has 178 valence electrons. The minimum Gasteiger partial charge on any atom is -0.496 e. The molecule has 2 aliphatic rings. The summed E-state index contributed by atoms with van der Waals surface area (Å²) in [7, 11) is 1.71. The molecule has 33 heavy (non-hydrogen) atoms. The lowest BCUT2D eigenvalue weighted by Crippen LogP contribution is -2.38. The van der Waals surface area contributed by atoms with Crippen molar-refractivity contribution in [3.63, 3.8) is 0 Å². The third-order valence-corrected chi connectivity index (χ3v) is 7.64. The highest BCUT2D eigenvalue weighted by Gasteiger charge is 2.30. The fourth-order valence-corrected chi connectivity index (χ4v) is 5.94. The van der Waals surface area contributed by atoms with E-state index >= 15 is 0 Å². The van der Waals surface area contributed by atoms with E-state index in [2.05, 4.69) is 15.3 Å². The van der Waals surface area contributed by atoms with Crippen LogP contribution in [-0.2, 0) is 4.74 Å². The molecule has 0 spiro atoms. The van der Waals surface area contributed by atoms with Crippen molar-refractivity contribution >= 4 is 17.7 Å². The number of Topliss-reactive ketones (excluding diaryl/α,β-unsaturated/α-hetero) is 1. The lowest BCUT2D eigenvalue weighted by Gasteiger charge is -2.35. The molecule has 1 atom stereocenters. The van der Waals surface area contributed by atoms with E-state index in [-0.39, 0.29) is 23.6 Å². The van der Waals surface area contributed by atoms with Gasteiger partial charge in [-0.25, -0.2) is 8.70 Å². The summed E-state index contributed by atoms with van der Waals surface area (Å²) in [5, 5.41) is 0. The van der Waals surface area contributed by atoms with Gasteiger partial charge in [-0.2, -0.15) is 0 Å². The molecule has 2 aromatic rings. The molecule has 1 unspecified atom stereocenters. The minimum atomic E-state index is -0.302. The number of hydrogen-bond donors (Lipinski definition) is 0. The zero-order valence-electron chi connectivity index (χ0n) is 19.5. The molecule has 4 rings (SSSR count). The highest BCUT2D eigenvalue weighted by molar-refractivity contribution is 7.97. The van der Waals surface area contributed by atoms with Gasteiger partial charge in [0.2, 0.25) is 0 Å². The molecule has 2 aromatic carbocycles. The van der Waals surface area contributed by atoms with E-state index in [0.29, 0.717) is 12.2 Å². The topological polar surface area (TPSA) is 42.0 Å². The van der Waals surface area contributed by atoms with Gasteiger partial charge >= 0.3 is 0 Å². The van der Waals surface area contributed by atoms with Gasteiger partial charge in [0, 0.05) is 41.6 Å². The Hall–Kier alpha value is -1.93. The van der Waals surface area contributed by atoms with Crippen molar-refractivity contribution in [3.05, 3.63) is 59.4 Å². The second-order valence-electron chi connectivity index (χ2n) is 8.64. The zero-order chi connectivity index (χ0) is 23.2. The summed E-state index contributed by atoms with van der Waals surface area (Å²) in [6.07, 6.45) is 2.83. The van der Waals surface area contributed by atoms with Gasteiger partial charge < -0.3 is 14.4 Å². The summed E-state index contributed by atoms with van der Waals surface area (Å²) in [6, 6.07) is 12.1. The normalized spacial score (nSPS) is 19.9. The Balaban J connectivity index is 1.24. The molecule has 0 bridgehead atoms. The quantitative estimate of drug-likeness (QED) is 0.368. The molecular formula is C26H33FN2O3S. The zero-order valence-corrected chi connectivity index (χ0v) is 20.3. The number of hydrogen-bond acceptors (Lipinski definition) is 6. The number of rotatable bonds is 9. The first-order valence-corrected chi connectivity index (χ1v) is 12.6. The van der Waals surface area contributed by atoms with Crippen LogP contribution in [-0.4, -0.2) is 61.4 Å². The number of ketones is 1. The van der Waals surface area contributed by atoms with Crippen LogP contribution >= 0.6 is 11.9 Å². The second-order valence-corrected chi connectivity index (χ2v) is 9.77. The van der Waals surface area contributed by atoms with Crippen molar-refractivity contribution in [1.82, 2.24) is 9.21 Å². The third-order valence-electron chi connectivity index (χ3n) is 6.50. The molecule has 0 N–H and O–H groups in total.